The first-order valence-electron chi connectivity index (χ1n) is 2.99. The molecule has 0 aromatic rings. The SMILES string of the molecule is COC(=O)[C@@H]([NH3+])C(C)(C)F.[Cl-]. The molecule has 0 rings (SSSR count). The summed E-state index contributed by atoms with van der Waals surface area (Å²) in [7, 11) is 1.21. The van der Waals surface area contributed by atoms with E-state index in [2.05, 4.69) is 10.5 Å². The number of alkyl halides is 1. The minimum Gasteiger partial charge on any atom is -1.00 e. The lowest BCUT2D eigenvalue weighted by Crippen LogP contribution is -3.00. The molecule has 0 aliphatic carbocycles. The fourth-order valence-corrected chi connectivity index (χ4v) is 0.423. The Morgan fingerprint density at radius 1 is 1.64 bits per heavy atom. The van der Waals surface area contributed by atoms with Crippen molar-refractivity contribution in [3.63, 3.8) is 0 Å². The van der Waals surface area contributed by atoms with Crippen molar-refractivity contribution in [3.8, 4) is 0 Å². The van der Waals surface area contributed by atoms with Crippen LogP contribution >= 0.6 is 0 Å². The minimum absolute atomic E-state index is 0. The second-order valence-corrected chi connectivity index (χ2v) is 2.64. The minimum atomic E-state index is -1.60. The van der Waals surface area contributed by atoms with Crippen LogP contribution in [0.3, 0.4) is 0 Å². The van der Waals surface area contributed by atoms with Gasteiger partial charge in [0.1, 0.15) is 0 Å². The van der Waals surface area contributed by atoms with Gasteiger partial charge in [0.2, 0.25) is 6.04 Å². The van der Waals surface area contributed by atoms with E-state index >= 15 is 0 Å². The van der Waals surface area contributed by atoms with E-state index < -0.39 is 17.7 Å². The molecule has 0 fully saturated rings. The van der Waals surface area contributed by atoms with Gasteiger partial charge in [0.25, 0.3) is 0 Å². The summed E-state index contributed by atoms with van der Waals surface area (Å²) in [4.78, 5) is 10.6. The molecule has 1 atom stereocenters. The summed E-state index contributed by atoms with van der Waals surface area (Å²) < 4.78 is 17.2. The maximum atomic E-state index is 12.9. The Balaban J connectivity index is 0. The van der Waals surface area contributed by atoms with Gasteiger partial charge in [-0.15, -0.1) is 0 Å². The molecule has 0 spiro atoms. The van der Waals surface area contributed by atoms with Gasteiger partial charge >= 0.3 is 5.97 Å². The number of hydrogen-bond donors (Lipinski definition) is 1. The summed E-state index contributed by atoms with van der Waals surface area (Å²) >= 11 is 0. The predicted molar refractivity (Wildman–Crippen MR) is 33.9 cm³/mol. The van der Waals surface area contributed by atoms with Crippen LogP contribution in [-0.4, -0.2) is 24.8 Å². The molecule has 3 N–H and O–H groups in total. The first-order valence-corrected chi connectivity index (χ1v) is 2.99. The van der Waals surface area contributed by atoms with E-state index in [-0.39, 0.29) is 12.4 Å². The number of hydrogen-bond acceptors (Lipinski definition) is 2. The lowest BCUT2D eigenvalue weighted by atomic mass is 10.0. The van der Waals surface area contributed by atoms with Crippen LogP contribution in [0.1, 0.15) is 13.8 Å². The molecule has 0 unspecified atom stereocenters. The molecular formula is C6H13ClFNO2. The molecule has 0 amide bonds. The summed E-state index contributed by atoms with van der Waals surface area (Å²) in [5.41, 5.74) is 1.73. The third-order valence-electron chi connectivity index (χ3n) is 1.31. The second kappa shape index (κ2) is 4.51. The third-order valence-corrected chi connectivity index (χ3v) is 1.31. The lowest BCUT2D eigenvalue weighted by molar-refractivity contribution is -0.430. The number of halogens is 2. The molecule has 3 nitrogen and oxygen atoms in total. The Morgan fingerprint density at radius 3 is 2.09 bits per heavy atom. The Bertz CT molecular complexity index is 135. The van der Waals surface area contributed by atoms with Crippen molar-refractivity contribution >= 4 is 5.97 Å². The number of carbonyl (C=O) groups excluding carboxylic acids is 1. The zero-order valence-electron chi connectivity index (χ0n) is 6.86. The zero-order valence-corrected chi connectivity index (χ0v) is 7.61. The highest BCUT2D eigenvalue weighted by atomic mass is 35.5. The molecule has 5 heteroatoms. The van der Waals surface area contributed by atoms with Gasteiger partial charge in [0, 0.05) is 0 Å². The molecule has 0 aromatic heterocycles. The molecule has 0 radical (unpaired) electrons. The summed E-state index contributed by atoms with van der Waals surface area (Å²) in [5, 5.41) is 0. The van der Waals surface area contributed by atoms with Crippen LogP contribution in [0.5, 0.6) is 0 Å². The van der Waals surface area contributed by atoms with Gasteiger partial charge in [0.05, 0.1) is 7.11 Å². The monoisotopic (exact) mass is 185 g/mol. The maximum absolute atomic E-state index is 12.9. The maximum Gasteiger partial charge on any atom is 0.367 e. The average molecular weight is 186 g/mol. The van der Waals surface area contributed by atoms with Crippen molar-refractivity contribution in [2.45, 2.75) is 25.6 Å². The highest BCUT2D eigenvalue weighted by molar-refractivity contribution is 5.75. The second-order valence-electron chi connectivity index (χ2n) is 2.64. The van der Waals surface area contributed by atoms with Gasteiger partial charge in [-0.25, -0.2) is 9.18 Å². The summed E-state index contributed by atoms with van der Waals surface area (Å²) in [6.07, 6.45) is 0. The summed E-state index contributed by atoms with van der Waals surface area (Å²) in [5.74, 6) is -0.618. The van der Waals surface area contributed by atoms with E-state index in [1.54, 1.807) is 0 Å². The van der Waals surface area contributed by atoms with Crippen LogP contribution in [0.25, 0.3) is 0 Å². The Labute approximate surface area is 71.5 Å². The number of esters is 1. The van der Waals surface area contributed by atoms with Gasteiger partial charge in [-0.1, -0.05) is 0 Å². The third kappa shape index (κ3) is 4.16. The van der Waals surface area contributed by atoms with Crippen molar-refractivity contribution in [1.82, 2.24) is 0 Å². The smallest absolute Gasteiger partial charge is 0.367 e. The van der Waals surface area contributed by atoms with Crippen LogP contribution in [0.15, 0.2) is 0 Å². The predicted octanol–water partition coefficient (Wildman–Crippen LogP) is -3.48. The van der Waals surface area contributed by atoms with E-state index in [0.29, 0.717) is 0 Å². The van der Waals surface area contributed by atoms with Gasteiger partial charge in [0.15, 0.2) is 5.67 Å². The van der Waals surface area contributed by atoms with Crippen LogP contribution < -0.4 is 18.1 Å². The molecule has 0 heterocycles. The molecule has 0 saturated heterocycles. The van der Waals surface area contributed by atoms with Crippen LogP contribution in [0, 0.1) is 0 Å². The van der Waals surface area contributed by atoms with Crippen molar-refractivity contribution < 1.29 is 32.1 Å². The van der Waals surface area contributed by atoms with Crippen molar-refractivity contribution in [2.24, 2.45) is 0 Å². The standard InChI is InChI=1S/C6H12FNO2.ClH/c1-6(2,7)4(8)5(9)10-3;/h4H,8H2,1-3H3;1H/t4-;/m1./s1. The number of carbonyl (C=O) groups is 1. The Hall–Kier alpha value is -0.350. The summed E-state index contributed by atoms with van der Waals surface area (Å²) in [6, 6.07) is -0.947. The van der Waals surface area contributed by atoms with Crippen molar-refractivity contribution in [3.05, 3.63) is 0 Å². The van der Waals surface area contributed by atoms with Crippen molar-refractivity contribution in [2.75, 3.05) is 7.11 Å². The first-order chi connectivity index (χ1) is 4.39. The molecular weight excluding hydrogens is 173 g/mol. The Morgan fingerprint density at radius 2 is 2.00 bits per heavy atom. The lowest BCUT2D eigenvalue weighted by Gasteiger charge is -2.16. The van der Waals surface area contributed by atoms with E-state index in [4.69, 9.17) is 0 Å². The molecule has 0 aromatic carbocycles. The molecule has 0 aliphatic rings. The molecule has 11 heavy (non-hydrogen) atoms. The fraction of sp³-hybridized carbons (Fsp3) is 0.833. The van der Waals surface area contributed by atoms with Gasteiger partial charge < -0.3 is 22.9 Å². The average Bonchev–Trinajstić information content (AvgIpc) is 1.83. The van der Waals surface area contributed by atoms with E-state index in [1.165, 1.54) is 21.0 Å². The highest BCUT2D eigenvalue weighted by Gasteiger charge is 2.36. The van der Waals surface area contributed by atoms with Crippen molar-refractivity contribution in [1.29, 1.82) is 0 Å². The van der Waals surface area contributed by atoms with E-state index in [0.717, 1.165) is 0 Å². The molecule has 0 aliphatic heterocycles. The number of quaternary nitrogens is 1. The fourth-order valence-electron chi connectivity index (χ4n) is 0.423. The van der Waals surface area contributed by atoms with Crippen LogP contribution in [-0.2, 0) is 9.53 Å². The van der Waals surface area contributed by atoms with E-state index in [1.807, 2.05) is 0 Å². The molecule has 0 bridgehead atoms. The topological polar surface area (TPSA) is 53.9 Å². The number of ether oxygens (including phenoxy) is 1. The van der Waals surface area contributed by atoms with Gasteiger partial charge in [-0.2, -0.15) is 0 Å². The van der Waals surface area contributed by atoms with E-state index in [9.17, 15) is 9.18 Å². The Kier molecular flexibility index (Phi) is 5.44. The van der Waals surface area contributed by atoms with Gasteiger partial charge in [-0.3, -0.25) is 0 Å². The number of rotatable bonds is 2. The zero-order chi connectivity index (χ0) is 8.36. The number of methoxy groups -OCH3 is 1. The molecule has 0 saturated carbocycles. The summed E-state index contributed by atoms with van der Waals surface area (Å²) in [6.45, 7) is 2.59. The quantitative estimate of drug-likeness (QED) is 0.455. The first kappa shape index (κ1) is 13.3. The highest BCUT2D eigenvalue weighted by Crippen LogP contribution is 2.11. The normalized spacial score (nSPS) is 13.2. The molecule has 68 valence electrons. The van der Waals surface area contributed by atoms with Crippen LogP contribution in [0.4, 0.5) is 4.39 Å². The van der Waals surface area contributed by atoms with Gasteiger partial charge in [-0.05, 0) is 13.8 Å². The largest absolute Gasteiger partial charge is 1.00 e. The van der Waals surface area contributed by atoms with Crippen LogP contribution in [0.2, 0.25) is 0 Å².